The Bertz CT molecular complexity index is 468. The van der Waals surface area contributed by atoms with E-state index in [0.717, 1.165) is 5.56 Å². The number of aryl methyl sites for hydroxylation is 1. The van der Waals surface area contributed by atoms with E-state index in [0.29, 0.717) is 22.4 Å². The van der Waals surface area contributed by atoms with Crippen LogP contribution >= 0.6 is 23.8 Å². The van der Waals surface area contributed by atoms with Crippen molar-refractivity contribution in [3.05, 3.63) is 28.8 Å². The van der Waals surface area contributed by atoms with Crippen molar-refractivity contribution >= 4 is 34.8 Å². The first-order chi connectivity index (χ1) is 9.02. The van der Waals surface area contributed by atoms with Gasteiger partial charge in [0.25, 0.3) is 5.91 Å². The molecule has 0 saturated heterocycles. The van der Waals surface area contributed by atoms with Crippen LogP contribution in [0.1, 0.15) is 12.5 Å². The summed E-state index contributed by atoms with van der Waals surface area (Å²) in [5.41, 5.74) is 5.86. The van der Waals surface area contributed by atoms with Gasteiger partial charge in [0.05, 0.1) is 0 Å². The molecule has 1 aromatic rings. The molecule has 19 heavy (non-hydrogen) atoms. The minimum Gasteiger partial charge on any atom is -0.483 e. The Morgan fingerprint density at radius 1 is 1.42 bits per heavy atom. The minimum atomic E-state index is -0.324. The van der Waals surface area contributed by atoms with E-state index in [1.807, 2.05) is 13.8 Å². The lowest BCUT2D eigenvalue weighted by molar-refractivity contribution is -0.123. The maximum absolute atomic E-state index is 11.5. The molecule has 5 nitrogen and oxygen atoms in total. The van der Waals surface area contributed by atoms with E-state index in [1.165, 1.54) is 0 Å². The van der Waals surface area contributed by atoms with Crippen molar-refractivity contribution in [3.63, 3.8) is 0 Å². The number of hydrogen-bond donors (Lipinski definition) is 3. The van der Waals surface area contributed by atoms with Crippen molar-refractivity contribution in [1.82, 2.24) is 16.2 Å². The molecule has 0 saturated carbocycles. The van der Waals surface area contributed by atoms with Crippen LogP contribution < -0.4 is 20.9 Å². The maximum atomic E-state index is 11.5. The second kappa shape index (κ2) is 7.81. The number of nitrogens with one attached hydrogen (secondary N) is 3. The van der Waals surface area contributed by atoms with Crippen molar-refractivity contribution < 1.29 is 9.53 Å². The third kappa shape index (κ3) is 5.76. The van der Waals surface area contributed by atoms with Gasteiger partial charge in [-0.1, -0.05) is 11.6 Å². The van der Waals surface area contributed by atoms with Crippen LogP contribution in [0.5, 0.6) is 5.75 Å². The molecule has 0 unspecified atom stereocenters. The molecule has 0 spiro atoms. The number of ether oxygens (including phenoxy) is 1. The second-order valence-corrected chi connectivity index (χ2v) is 4.58. The van der Waals surface area contributed by atoms with Crippen LogP contribution in [-0.2, 0) is 4.79 Å². The van der Waals surface area contributed by atoms with Crippen molar-refractivity contribution in [3.8, 4) is 5.75 Å². The normalized spacial score (nSPS) is 9.63. The molecule has 1 aromatic carbocycles. The average molecular weight is 302 g/mol. The molecular formula is C12H16ClN3O2S. The molecular weight excluding hydrogens is 286 g/mol. The third-order valence-corrected chi connectivity index (χ3v) is 2.63. The van der Waals surface area contributed by atoms with Crippen molar-refractivity contribution in [2.24, 2.45) is 0 Å². The molecule has 0 bridgehead atoms. The number of thiocarbonyl (C=S) groups is 1. The lowest BCUT2D eigenvalue weighted by Gasteiger charge is -2.12. The number of amides is 1. The van der Waals surface area contributed by atoms with Gasteiger partial charge in [0.2, 0.25) is 0 Å². The fourth-order valence-electron chi connectivity index (χ4n) is 1.29. The first-order valence-electron chi connectivity index (χ1n) is 5.74. The Morgan fingerprint density at radius 3 is 2.79 bits per heavy atom. The second-order valence-electron chi connectivity index (χ2n) is 3.73. The van der Waals surface area contributed by atoms with Crippen LogP contribution in [0.3, 0.4) is 0 Å². The summed E-state index contributed by atoms with van der Waals surface area (Å²) in [5.74, 6) is 0.295. The Hall–Kier alpha value is -1.53. The van der Waals surface area contributed by atoms with Gasteiger partial charge in [0.15, 0.2) is 11.7 Å². The summed E-state index contributed by atoms with van der Waals surface area (Å²) in [4.78, 5) is 11.5. The Balaban J connectivity index is 2.36. The summed E-state index contributed by atoms with van der Waals surface area (Å²) >= 11 is 10.7. The first-order valence-corrected chi connectivity index (χ1v) is 6.53. The van der Waals surface area contributed by atoms with E-state index in [4.69, 9.17) is 28.6 Å². The van der Waals surface area contributed by atoms with Crippen LogP contribution in [0, 0.1) is 6.92 Å². The summed E-state index contributed by atoms with van der Waals surface area (Å²) in [6.45, 7) is 4.34. The molecule has 7 heteroatoms. The highest BCUT2D eigenvalue weighted by Gasteiger charge is 2.05. The Kier molecular flexibility index (Phi) is 6.38. The Morgan fingerprint density at radius 2 is 2.16 bits per heavy atom. The van der Waals surface area contributed by atoms with Crippen LogP contribution in [-0.4, -0.2) is 24.2 Å². The summed E-state index contributed by atoms with van der Waals surface area (Å²) in [6.07, 6.45) is 0. The zero-order valence-corrected chi connectivity index (χ0v) is 12.3. The lowest BCUT2D eigenvalue weighted by Crippen LogP contribution is -2.48. The fourth-order valence-corrected chi connectivity index (χ4v) is 1.71. The van der Waals surface area contributed by atoms with E-state index in [2.05, 4.69) is 16.2 Å². The van der Waals surface area contributed by atoms with Crippen LogP contribution in [0.2, 0.25) is 5.02 Å². The zero-order valence-electron chi connectivity index (χ0n) is 10.7. The summed E-state index contributed by atoms with van der Waals surface area (Å²) in [6, 6.07) is 5.20. The molecule has 0 fully saturated rings. The monoisotopic (exact) mass is 301 g/mol. The Labute approximate surface area is 122 Å². The van der Waals surface area contributed by atoms with Crippen LogP contribution in [0.15, 0.2) is 18.2 Å². The van der Waals surface area contributed by atoms with Crippen molar-refractivity contribution in [2.75, 3.05) is 13.2 Å². The standard InChI is InChI=1S/C12H16ClN3O2S/c1-3-14-12(19)16-15-11(17)7-18-10-5-4-9(13)6-8(10)2/h4-6H,3,7H2,1-2H3,(H,15,17)(H2,14,16,19). The predicted molar refractivity (Wildman–Crippen MR) is 79.2 cm³/mol. The quantitative estimate of drug-likeness (QED) is 0.582. The zero-order chi connectivity index (χ0) is 14.3. The highest BCUT2D eigenvalue weighted by Crippen LogP contribution is 2.21. The van der Waals surface area contributed by atoms with Gasteiger partial charge in [0, 0.05) is 11.6 Å². The average Bonchev–Trinajstić information content (AvgIpc) is 2.35. The number of rotatable bonds is 4. The van der Waals surface area contributed by atoms with Gasteiger partial charge in [-0.05, 0) is 49.8 Å². The number of carbonyl (C=O) groups excluding carboxylic acids is 1. The van der Waals surface area contributed by atoms with Crippen LogP contribution in [0.25, 0.3) is 0 Å². The molecule has 0 aromatic heterocycles. The molecule has 1 amide bonds. The smallest absolute Gasteiger partial charge is 0.276 e. The summed E-state index contributed by atoms with van der Waals surface area (Å²) < 4.78 is 5.37. The van der Waals surface area contributed by atoms with Gasteiger partial charge >= 0.3 is 0 Å². The fraction of sp³-hybridized carbons (Fsp3) is 0.333. The number of hydrogen-bond acceptors (Lipinski definition) is 3. The lowest BCUT2D eigenvalue weighted by atomic mass is 10.2. The number of benzene rings is 1. The van der Waals surface area contributed by atoms with E-state index in [1.54, 1.807) is 18.2 Å². The summed E-state index contributed by atoms with van der Waals surface area (Å²) in [5, 5.41) is 3.83. The van der Waals surface area contributed by atoms with E-state index in [-0.39, 0.29) is 12.5 Å². The van der Waals surface area contributed by atoms with Crippen molar-refractivity contribution in [1.29, 1.82) is 0 Å². The van der Waals surface area contributed by atoms with Crippen molar-refractivity contribution in [2.45, 2.75) is 13.8 Å². The molecule has 0 radical (unpaired) electrons. The number of carbonyl (C=O) groups is 1. The summed E-state index contributed by atoms with van der Waals surface area (Å²) in [7, 11) is 0. The van der Waals surface area contributed by atoms with E-state index >= 15 is 0 Å². The molecule has 104 valence electrons. The molecule has 0 atom stereocenters. The molecule has 0 heterocycles. The maximum Gasteiger partial charge on any atom is 0.276 e. The van der Waals surface area contributed by atoms with Gasteiger partial charge in [-0.15, -0.1) is 0 Å². The molecule has 0 aliphatic heterocycles. The first kappa shape index (κ1) is 15.5. The third-order valence-electron chi connectivity index (χ3n) is 2.15. The van der Waals surface area contributed by atoms with Gasteiger partial charge in [-0.25, -0.2) is 0 Å². The van der Waals surface area contributed by atoms with Gasteiger partial charge in [-0.3, -0.25) is 15.6 Å². The highest BCUT2D eigenvalue weighted by atomic mass is 35.5. The highest BCUT2D eigenvalue weighted by molar-refractivity contribution is 7.80. The predicted octanol–water partition coefficient (Wildman–Crippen LogP) is 1.54. The molecule has 3 N–H and O–H groups in total. The van der Waals surface area contributed by atoms with E-state index < -0.39 is 0 Å². The number of hydrazine groups is 1. The van der Waals surface area contributed by atoms with E-state index in [9.17, 15) is 4.79 Å². The molecule has 1 rings (SSSR count). The van der Waals surface area contributed by atoms with Gasteiger partial charge in [0.1, 0.15) is 5.75 Å². The topological polar surface area (TPSA) is 62.4 Å². The van der Waals surface area contributed by atoms with Gasteiger partial charge in [-0.2, -0.15) is 0 Å². The van der Waals surface area contributed by atoms with Gasteiger partial charge < -0.3 is 10.1 Å². The largest absolute Gasteiger partial charge is 0.483 e. The molecule has 0 aliphatic carbocycles. The SMILES string of the molecule is CCNC(=S)NNC(=O)COc1ccc(Cl)cc1C. The molecule has 0 aliphatic rings. The number of halogens is 1. The minimum absolute atomic E-state index is 0.107. The van der Waals surface area contributed by atoms with Crippen LogP contribution in [0.4, 0.5) is 0 Å².